The summed E-state index contributed by atoms with van der Waals surface area (Å²) in [6, 6.07) is 9.59. The number of fused-ring (bicyclic) bond motifs is 1. The van der Waals surface area contributed by atoms with Gasteiger partial charge in [-0.1, -0.05) is 23.9 Å². The van der Waals surface area contributed by atoms with E-state index < -0.39 is 51.5 Å². The van der Waals surface area contributed by atoms with E-state index in [1.54, 1.807) is 6.07 Å². The van der Waals surface area contributed by atoms with Crippen molar-refractivity contribution < 1.29 is 98.6 Å². The largest absolute Gasteiger partial charge is 1.00 e. The third-order valence-electron chi connectivity index (χ3n) is 3.84. The van der Waals surface area contributed by atoms with E-state index in [1.807, 2.05) is 4.72 Å². The second-order valence-electron chi connectivity index (χ2n) is 5.84. The van der Waals surface area contributed by atoms with Crippen molar-refractivity contribution in [3.63, 3.8) is 0 Å². The number of nitrogens with one attached hydrogen (secondary N) is 1. The van der Waals surface area contributed by atoms with Crippen LogP contribution in [0.1, 0.15) is 0 Å². The molecule has 31 heavy (non-hydrogen) atoms. The number of hydrogen-bond donors (Lipinski definition) is 2. The summed E-state index contributed by atoms with van der Waals surface area (Å²) < 4.78 is 93.4. The van der Waals surface area contributed by atoms with E-state index >= 15 is 0 Å². The molecule has 0 fully saturated rings. The van der Waals surface area contributed by atoms with Crippen molar-refractivity contribution in [1.29, 1.82) is 0 Å². The van der Waals surface area contributed by atoms with Crippen LogP contribution in [0.5, 0.6) is 5.75 Å². The molecular formula is C16H11NNa2O9S3. The maximum atomic E-state index is 12.6. The van der Waals surface area contributed by atoms with Gasteiger partial charge < -0.3 is 9.66 Å². The Kier molecular flexibility index (Phi) is 9.18. The van der Waals surface area contributed by atoms with Gasteiger partial charge in [-0.25, -0.2) is 16.8 Å². The van der Waals surface area contributed by atoms with Gasteiger partial charge in [0.05, 0.1) is 20.4 Å². The van der Waals surface area contributed by atoms with E-state index in [-0.39, 0.29) is 74.8 Å². The van der Waals surface area contributed by atoms with Gasteiger partial charge in [0.2, 0.25) is 0 Å². The zero-order valence-corrected chi connectivity index (χ0v) is 22.6. The van der Waals surface area contributed by atoms with Crippen molar-refractivity contribution in [2.45, 2.75) is 14.7 Å². The Labute approximate surface area is 222 Å². The van der Waals surface area contributed by atoms with Crippen LogP contribution in [0, 0.1) is 0 Å². The van der Waals surface area contributed by atoms with E-state index in [2.05, 4.69) is 0 Å². The molecule has 154 valence electrons. The first-order valence-electron chi connectivity index (χ1n) is 7.59. The molecule has 2 N–H and O–H groups in total. The van der Waals surface area contributed by atoms with Crippen LogP contribution in [0.15, 0.2) is 69.3 Å². The molecule has 3 aromatic rings. The molecule has 3 aromatic carbocycles. The van der Waals surface area contributed by atoms with Crippen molar-refractivity contribution in [3.8, 4) is 5.75 Å². The normalized spacial score (nSPS) is 11.9. The van der Waals surface area contributed by atoms with Crippen LogP contribution in [0.4, 0.5) is 5.69 Å². The van der Waals surface area contributed by atoms with Gasteiger partial charge in [-0.2, -0.15) is 8.42 Å². The molecule has 0 bridgehead atoms. The minimum atomic E-state index is -5.10. The maximum absolute atomic E-state index is 12.6. The summed E-state index contributed by atoms with van der Waals surface area (Å²) in [6.45, 7) is 0. The fraction of sp³-hybridized carbons (Fsp3) is 0. The fourth-order valence-electron chi connectivity index (χ4n) is 2.60. The van der Waals surface area contributed by atoms with Gasteiger partial charge in [0, 0.05) is 0 Å². The second kappa shape index (κ2) is 10.1. The van der Waals surface area contributed by atoms with E-state index in [9.17, 15) is 34.9 Å². The van der Waals surface area contributed by atoms with Crippen LogP contribution < -0.4 is 68.9 Å². The Hall–Kier alpha value is -0.710. The topological polar surface area (TPSA) is 181 Å². The second-order valence-corrected chi connectivity index (χ2v) is 10.3. The minimum Gasteiger partial charge on any atom is -0.872 e. The molecule has 0 atom stereocenters. The first-order chi connectivity index (χ1) is 13.3. The van der Waals surface area contributed by atoms with Crippen LogP contribution in [0.25, 0.3) is 10.8 Å². The smallest absolute Gasteiger partial charge is 0.872 e. The van der Waals surface area contributed by atoms with Crippen molar-refractivity contribution >= 4 is 46.7 Å². The molecule has 0 radical (unpaired) electrons. The molecule has 0 saturated heterocycles. The van der Waals surface area contributed by atoms with Crippen molar-refractivity contribution in [3.05, 3.63) is 54.6 Å². The number of benzene rings is 3. The third kappa shape index (κ3) is 6.42. The van der Waals surface area contributed by atoms with Gasteiger partial charge in [0.25, 0.3) is 20.1 Å². The predicted molar refractivity (Wildman–Crippen MR) is 98.4 cm³/mol. The number of hydrogen-bond acceptors (Lipinski definition) is 8. The average Bonchev–Trinajstić information content (AvgIpc) is 2.60. The van der Waals surface area contributed by atoms with Gasteiger partial charge in [-0.05, 0) is 47.2 Å². The molecule has 0 heterocycles. The van der Waals surface area contributed by atoms with E-state index in [0.29, 0.717) is 18.2 Å². The van der Waals surface area contributed by atoms with Crippen molar-refractivity contribution in [2.24, 2.45) is 0 Å². The van der Waals surface area contributed by atoms with Crippen molar-refractivity contribution in [2.75, 3.05) is 4.72 Å². The molecule has 10 nitrogen and oxygen atoms in total. The molecule has 0 saturated carbocycles. The van der Waals surface area contributed by atoms with Crippen LogP contribution in [0.3, 0.4) is 0 Å². The first kappa shape index (κ1) is 28.3. The van der Waals surface area contributed by atoms with Crippen LogP contribution in [0.2, 0.25) is 0 Å². The molecule has 0 aliphatic heterocycles. The molecule has 0 amide bonds. The Morgan fingerprint density at radius 3 is 1.84 bits per heavy atom. The molecule has 0 aromatic heterocycles. The third-order valence-corrected chi connectivity index (χ3v) is 6.87. The summed E-state index contributed by atoms with van der Waals surface area (Å²) in [5.74, 6) is -1.02. The number of sulfonamides is 1. The number of rotatable bonds is 5. The van der Waals surface area contributed by atoms with Gasteiger partial charge >= 0.3 is 59.1 Å². The molecule has 0 aliphatic carbocycles. The molecule has 0 unspecified atom stereocenters. The van der Waals surface area contributed by atoms with Gasteiger partial charge in [-0.15, -0.1) is 0 Å². The van der Waals surface area contributed by atoms with E-state index in [1.165, 1.54) is 24.3 Å². The molecule has 15 heteroatoms. The summed E-state index contributed by atoms with van der Waals surface area (Å²) in [7, 11) is -14.2. The van der Waals surface area contributed by atoms with E-state index in [4.69, 9.17) is 4.55 Å². The fourth-order valence-corrected chi connectivity index (χ4v) is 4.75. The zero-order chi connectivity index (χ0) is 21.6. The summed E-state index contributed by atoms with van der Waals surface area (Å²) in [5, 5.41) is 11.7. The summed E-state index contributed by atoms with van der Waals surface area (Å²) in [6.07, 6.45) is 0. The van der Waals surface area contributed by atoms with Gasteiger partial charge in [0.15, 0.2) is 0 Å². The average molecular weight is 503 g/mol. The Bertz CT molecular complexity index is 1440. The monoisotopic (exact) mass is 503 g/mol. The standard InChI is InChI=1S/C16H13NO9S3.2Na/c18-15-9-13(29(24,25)26)7-10-6-12(28(21,22)23)8-14(16(10)15)17-27(19,20)11-4-2-1-3-5-11;;/h1-9,17-18H,(H,21,22,23)(H,24,25,26);;/q;2*+1/p-2. The van der Waals surface area contributed by atoms with Crippen LogP contribution >= 0.6 is 0 Å². The molecular weight excluding hydrogens is 492 g/mol. The summed E-state index contributed by atoms with van der Waals surface area (Å²) >= 11 is 0. The molecule has 0 aliphatic rings. The van der Waals surface area contributed by atoms with Gasteiger partial charge in [0.1, 0.15) is 10.1 Å². The number of anilines is 1. The Balaban J connectivity index is 0.00000240. The molecule has 0 spiro atoms. The summed E-state index contributed by atoms with van der Waals surface area (Å²) in [4.78, 5) is -1.94. The van der Waals surface area contributed by atoms with Crippen molar-refractivity contribution in [1.82, 2.24) is 0 Å². The quantitative estimate of drug-likeness (QED) is 0.254. The predicted octanol–water partition coefficient (Wildman–Crippen LogP) is -5.13. The van der Waals surface area contributed by atoms with Gasteiger partial charge in [-0.3, -0.25) is 9.27 Å². The summed E-state index contributed by atoms with van der Waals surface area (Å²) in [5.41, 5.74) is -0.535. The Morgan fingerprint density at radius 2 is 1.32 bits per heavy atom. The zero-order valence-electron chi connectivity index (χ0n) is 16.1. The minimum absolute atomic E-state index is 0. The van der Waals surface area contributed by atoms with Crippen LogP contribution in [-0.4, -0.2) is 34.4 Å². The first-order valence-corrected chi connectivity index (χ1v) is 11.9. The van der Waals surface area contributed by atoms with Crippen LogP contribution in [-0.2, 0) is 30.3 Å². The SMILES string of the molecule is O=S(=O)([O-])c1cc(NS(=O)(=O)c2ccccc2)c2c([O-])cc(S(=O)(=O)O)cc2c1.[Na+].[Na+]. The van der Waals surface area contributed by atoms with E-state index in [0.717, 1.165) is 6.07 Å². The Morgan fingerprint density at radius 1 is 0.774 bits per heavy atom. The maximum Gasteiger partial charge on any atom is 1.00 e. The molecule has 3 rings (SSSR count).